The number of hydrogen-bond acceptors (Lipinski definition) is 6. The Labute approximate surface area is 134 Å². The van der Waals surface area contributed by atoms with Crippen molar-refractivity contribution in [3.05, 3.63) is 33.4 Å². The lowest BCUT2D eigenvalue weighted by Crippen LogP contribution is -2.27. The number of hydrogen-bond donors (Lipinski definition) is 1. The molecule has 3 heterocycles. The van der Waals surface area contributed by atoms with Crippen LogP contribution in [-0.4, -0.2) is 30.2 Å². The van der Waals surface area contributed by atoms with Crippen LogP contribution in [0.2, 0.25) is 0 Å². The molecule has 0 saturated heterocycles. The van der Waals surface area contributed by atoms with Crippen LogP contribution in [0.3, 0.4) is 0 Å². The average Bonchev–Trinajstić information content (AvgIpc) is 3.17. The minimum Gasteiger partial charge on any atom is -0.300 e. The molecule has 118 valence electrons. The van der Waals surface area contributed by atoms with Crippen molar-refractivity contribution in [2.45, 2.75) is 25.8 Å². The van der Waals surface area contributed by atoms with Gasteiger partial charge in [-0.2, -0.15) is 5.10 Å². The lowest BCUT2D eigenvalue weighted by Gasteiger charge is -2.05. The summed E-state index contributed by atoms with van der Waals surface area (Å²) < 4.78 is 2.80. The minimum atomic E-state index is -0.287. The maximum absolute atomic E-state index is 12.3. The second-order valence-corrected chi connectivity index (χ2v) is 6.56. The van der Waals surface area contributed by atoms with Gasteiger partial charge in [-0.15, -0.1) is 11.3 Å². The first-order valence-electron chi connectivity index (χ1n) is 7.27. The third kappa shape index (κ3) is 2.42. The Bertz CT molecular complexity index is 948. The van der Waals surface area contributed by atoms with Gasteiger partial charge in [0, 0.05) is 11.9 Å². The van der Waals surface area contributed by atoms with Crippen molar-refractivity contribution in [1.82, 2.24) is 24.3 Å². The minimum absolute atomic E-state index is 0.0963. The van der Waals surface area contributed by atoms with E-state index in [1.807, 2.05) is 0 Å². The topological polar surface area (TPSA) is 94.7 Å². The first-order valence-corrected chi connectivity index (χ1v) is 8.09. The number of thiazole rings is 1. The second-order valence-electron chi connectivity index (χ2n) is 5.47. The molecular formula is C14H14N6O2S. The number of anilines is 1. The van der Waals surface area contributed by atoms with E-state index in [2.05, 4.69) is 20.4 Å². The first kappa shape index (κ1) is 14.1. The zero-order chi connectivity index (χ0) is 16.0. The lowest BCUT2D eigenvalue weighted by atomic mass is 10.4. The van der Waals surface area contributed by atoms with E-state index in [9.17, 15) is 9.59 Å². The van der Waals surface area contributed by atoms with Crippen LogP contribution in [0.15, 0.2) is 17.3 Å². The van der Waals surface area contributed by atoms with E-state index in [1.54, 1.807) is 7.05 Å². The molecule has 0 radical (unpaired) electrons. The monoisotopic (exact) mass is 330 g/mol. The van der Waals surface area contributed by atoms with Crippen LogP contribution in [0, 0.1) is 0 Å². The van der Waals surface area contributed by atoms with Gasteiger partial charge in [-0.25, -0.2) is 9.97 Å². The molecule has 0 bridgehead atoms. The van der Waals surface area contributed by atoms with Crippen LogP contribution < -0.4 is 10.9 Å². The number of carbonyl (C=O) groups excluding carboxylic acids is 1. The summed E-state index contributed by atoms with van der Waals surface area (Å²) in [5, 5.41) is 7.76. The number of aryl methyl sites for hydroxylation is 3. The molecule has 3 aromatic rings. The zero-order valence-electron chi connectivity index (χ0n) is 12.4. The Hall–Kier alpha value is -2.55. The number of nitrogens with one attached hydrogen (secondary N) is 1. The fourth-order valence-electron chi connectivity index (χ4n) is 2.74. The lowest BCUT2D eigenvalue weighted by molar-refractivity contribution is -0.116. The van der Waals surface area contributed by atoms with Crippen molar-refractivity contribution in [2.24, 2.45) is 7.05 Å². The number of nitrogens with zero attached hydrogens (tertiary/aromatic N) is 5. The average molecular weight is 330 g/mol. The molecule has 0 fully saturated rings. The number of rotatable bonds is 3. The largest absolute Gasteiger partial charge is 0.300 e. The summed E-state index contributed by atoms with van der Waals surface area (Å²) in [5.74, 6) is -0.287. The Kier molecular flexibility index (Phi) is 3.22. The second kappa shape index (κ2) is 5.27. The van der Waals surface area contributed by atoms with E-state index in [0.29, 0.717) is 16.2 Å². The zero-order valence-corrected chi connectivity index (χ0v) is 13.3. The van der Waals surface area contributed by atoms with Gasteiger partial charge in [0.15, 0.2) is 10.8 Å². The molecule has 23 heavy (non-hydrogen) atoms. The van der Waals surface area contributed by atoms with Crippen molar-refractivity contribution >= 4 is 33.4 Å². The summed E-state index contributed by atoms with van der Waals surface area (Å²) in [5.41, 5.74) is 1.31. The summed E-state index contributed by atoms with van der Waals surface area (Å²) in [4.78, 5) is 34.3. The highest BCUT2D eigenvalue weighted by Gasteiger charge is 2.18. The predicted molar refractivity (Wildman–Crippen MR) is 85.5 cm³/mol. The van der Waals surface area contributed by atoms with Gasteiger partial charge in [-0.1, -0.05) is 0 Å². The van der Waals surface area contributed by atoms with Crippen LogP contribution in [-0.2, 0) is 31.2 Å². The van der Waals surface area contributed by atoms with Gasteiger partial charge in [-0.3, -0.25) is 18.8 Å². The number of amides is 1. The van der Waals surface area contributed by atoms with Crippen molar-refractivity contribution < 1.29 is 4.79 Å². The maximum atomic E-state index is 12.3. The highest BCUT2D eigenvalue weighted by Crippen LogP contribution is 2.30. The highest BCUT2D eigenvalue weighted by atomic mass is 32.1. The quantitative estimate of drug-likeness (QED) is 0.763. The summed E-state index contributed by atoms with van der Waals surface area (Å²) in [6, 6.07) is 0. The molecule has 9 heteroatoms. The Morgan fingerprint density at radius 2 is 2.30 bits per heavy atom. The van der Waals surface area contributed by atoms with Crippen molar-refractivity contribution in [3.8, 4) is 0 Å². The molecule has 1 N–H and O–H groups in total. The normalized spacial score (nSPS) is 13.4. The molecule has 1 aliphatic carbocycles. The third-order valence-electron chi connectivity index (χ3n) is 3.87. The van der Waals surface area contributed by atoms with Crippen LogP contribution >= 0.6 is 11.3 Å². The van der Waals surface area contributed by atoms with Crippen LogP contribution in [0.5, 0.6) is 0 Å². The predicted octanol–water partition coefficient (Wildman–Crippen LogP) is 0.714. The molecule has 3 aromatic heterocycles. The Morgan fingerprint density at radius 1 is 1.43 bits per heavy atom. The van der Waals surface area contributed by atoms with Gasteiger partial charge in [0.25, 0.3) is 5.56 Å². The molecular weight excluding hydrogens is 316 g/mol. The first-order chi connectivity index (χ1) is 11.1. The standard InChI is InChI=1S/C14H14N6O2S/c1-19-12-8(5-16-19)13(22)20(7-15-12)6-11(21)18-14-17-9-3-2-4-10(9)23-14/h5,7H,2-4,6H2,1H3,(H,17,18,21). The van der Waals surface area contributed by atoms with E-state index in [4.69, 9.17) is 0 Å². The van der Waals surface area contributed by atoms with Crippen LogP contribution in [0.1, 0.15) is 17.0 Å². The van der Waals surface area contributed by atoms with Gasteiger partial charge in [0.2, 0.25) is 5.91 Å². The molecule has 0 saturated carbocycles. The smallest absolute Gasteiger partial charge is 0.264 e. The van der Waals surface area contributed by atoms with Crippen LogP contribution in [0.4, 0.5) is 5.13 Å². The van der Waals surface area contributed by atoms with E-state index < -0.39 is 0 Å². The van der Waals surface area contributed by atoms with Gasteiger partial charge >= 0.3 is 0 Å². The Morgan fingerprint density at radius 3 is 3.13 bits per heavy atom. The van der Waals surface area contributed by atoms with Crippen LogP contribution in [0.25, 0.3) is 11.0 Å². The summed E-state index contributed by atoms with van der Waals surface area (Å²) in [7, 11) is 1.72. The molecule has 0 atom stereocenters. The van der Waals surface area contributed by atoms with Crippen molar-refractivity contribution in [2.75, 3.05) is 5.32 Å². The van der Waals surface area contributed by atoms with E-state index in [0.717, 1.165) is 25.0 Å². The molecule has 4 rings (SSSR count). The summed E-state index contributed by atoms with van der Waals surface area (Å²) >= 11 is 1.51. The van der Waals surface area contributed by atoms with Crippen molar-refractivity contribution in [1.29, 1.82) is 0 Å². The third-order valence-corrected chi connectivity index (χ3v) is 4.95. The summed E-state index contributed by atoms with van der Waals surface area (Å²) in [6.45, 7) is -0.0963. The van der Waals surface area contributed by atoms with Gasteiger partial charge in [0.1, 0.15) is 18.3 Å². The maximum Gasteiger partial charge on any atom is 0.264 e. The van der Waals surface area contributed by atoms with Gasteiger partial charge in [-0.05, 0) is 19.3 Å². The van der Waals surface area contributed by atoms with E-state index in [1.165, 1.54) is 38.0 Å². The van der Waals surface area contributed by atoms with Crippen molar-refractivity contribution in [3.63, 3.8) is 0 Å². The fourth-order valence-corrected chi connectivity index (χ4v) is 3.80. The molecule has 0 unspecified atom stereocenters. The highest BCUT2D eigenvalue weighted by molar-refractivity contribution is 7.15. The van der Waals surface area contributed by atoms with E-state index in [-0.39, 0.29) is 18.0 Å². The van der Waals surface area contributed by atoms with Gasteiger partial charge < -0.3 is 5.32 Å². The number of fused-ring (bicyclic) bond motifs is 2. The molecule has 1 amide bonds. The Balaban J connectivity index is 1.54. The molecule has 1 aliphatic rings. The number of carbonyl (C=O) groups is 1. The fraction of sp³-hybridized carbons (Fsp3) is 0.357. The molecule has 0 spiro atoms. The molecule has 8 nitrogen and oxygen atoms in total. The van der Waals surface area contributed by atoms with E-state index >= 15 is 0 Å². The molecule has 0 aromatic carbocycles. The SMILES string of the molecule is Cn1ncc2c(=O)n(CC(=O)Nc3nc4c(s3)CCC4)cnc21. The molecule has 0 aliphatic heterocycles. The van der Waals surface area contributed by atoms with Gasteiger partial charge in [0.05, 0.1) is 11.9 Å². The summed E-state index contributed by atoms with van der Waals surface area (Å²) in [6.07, 6.45) is 5.97. The number of aromatic nitrogens is 5.